The van der Waals surface area contributed by atoms with E-state index >= 15 is 0 Å². The van der Waals surface area contributed by atoms with Crippen LogP contribution in [0, 0.1) is 0 Å². The van der Waals surface area contributed by atoms with Crippen molar-refractivity contribution in [1.82, 2.24) is 9.97 Å². The molecule has 0 saturated heterocycles. The highest BCUT2D eigenvalue weighted by Gasteiger charge is 1.94. The SMILES string of the molecule is C[n+]1c[nH]c(=O)[nH]c1=O. The van der Waals surface area contributed by atoms with Crippen molar-refractivity contribution in [1.29, 1.82) is 0 Å². The molecule has 48 valence electrons. The number of H-pyrrole nitrogens is 2. The highest BCUT2D eigenvalue weighted by atomic mass is 16.2. The summed E-state index contributed by atoms with van der Waals surface area (Å²) in [6.45, 7) is 0. The summed E-state index contributed by atoms with van der Waals surface area (Å²) in [6, 6.07) is 0. The molecule has 1 heterocycles. The molecule has 1 rings (SSSR count). The van der Waals surface area contributed by atoms with Crippen LogP contribution >= 0.6 is 0 Å². The number of aromatic amines is 2. The lowest BCUT2D eigenvalue weighted by atomic mass is 10.9. The lowest BCUT2D eigenvalue weighted by Gasteiger charge is -1.81. The van der Waals surface area contributed by atoms with Gasteiger partial charge in [0.05, 0.1) is 7.05 Å². The third-order valence-electron chi connectivity index (χ3n) is 0.930. The number of nitrogens with one attached hydrogen (secondary N) is 2. The van der Waals surface area contributed by atoms with Gasteiger partial charge in [0.25, 0.3) is 0 Å². The van der Waals surface area contributed by atoms with Gasteiger partial charge in [-0.25, -0.2) is 19.1 Å². The highest BCUT2D eigenvalue weighted by Crippen LogP contribution is 1.38. The average molecular weight is 128 g/mol. The van der Waals surface area contributed by atoms with Gasteiger partial charge in [0.2, 0.25) is 0 Å². The molecule has 2 N–H and O–H groups in total. The molecule has 0 radical (unpaired) electrons. The van der Waals surface area contributed by atoms with Crippen molar-refractivity contribution in [2.75, 3.05) is 0 Å². The van der Waals surface area contributed by atoms with Crippen LogP contribution in [0.25, 0.3) is 0 Å². The molecule has 9 heavy (non-hydrogen) atoms. The molecule has 5 heteroatoms. The van der Waals surface area contributed by atoms with Gasteiger partial charge in [0, 0.05) is 0 Å². The number of hydrogen-bond donors (Lipinski definition) is 2. The van der Waals surface area contributed by atoms with Crippen LogP contribution in [-0.4, -0.2) is 9.97 Å². The zero-order valence-corrected chi connectivity index (χ0v) is 4.84. The third-order valence-corrected chi connectivity index (χ3v) is 0.930. The number of aryl methyl sites for hydroxylation is 1. The van der Waals surface area contributed by atoms with Crippen LogP contribution < -0.4 is 15.9 Å². The molecule has 5 nitrogen and oxygen atoms in total. The maximum atomic E-state index is 10.5. The molecule has 0 aliphatic heterocycles. The summed E-state index contributed by atoms with van der Waals surface area (Å²) in [5, 5.41) is 0. The zero-order valence-electron chi connectivity index (χ0n) is 4.84. The summed E-state index contributed by atoms with van der Waals surface area (Å²) in [5.41, 5.74) is -0.906. The molecule has 0 aliphatic carbocycles. The van der Waals surface area contributed by atoms with Gasteiger partial charge in [-0.2, -0.15) is 4.98 Å². The number of hydrogen-bond acceptors (Lipinski definition) is 2. The Labute approximate surface area is 50.0 Å². The van der Waals surface area contributed by atoms with Gasteiger partial charge < -0.3 is 0 Å². The van der Waals surface area contributed by atoms with Gasteiger partial charge in [0.15, 0.2) is 6.33 Å². The Balaban J connectivity index is 3.52. The standard InChI is InChI=1S/C4H5N3O2/c1-7-2-5-3(8)6-4(7)9/h2H,1H3,(H,6,8,9)/p+1. The first-order valence-corrected chi connectivity index (χ1v) is 2.38. The van der Waals surface area contributed by atoms with Gasteiger partial charge in [-0.15, -0.1) is 0 Å². The van der Waals surface area contributed by atoms with E-state index in [-0.39, 0.29) is 0 Å². The predicted molar refractivity (Wildman–Crippen MR) is 28.9 cm³/mol. The van der Waals surface area contributed by atoms with Crippen LogP contribution in [0.2, 0.25) is 0 Å². The first-order valence-electron chi connectivity index (χ1n) is 2.38. The Bertz CT molecular complexity index is 310. The monoisotopic (exact) mass is 128 g/mol. The Morgan fingerprint density at radius 1 is 1.56 bits per heavy atom. The summed E-state index contributed by atoms with van der Waals surface area (Å²) in [7, 11) is 1.54. The molecule has 0 amide bonds. The Hall–Kier alpha value is -1.39. The molecule has 1 aromatic heterocycles. The lowest BCUT2D eigenvalue weighted by Crippen LogP contribution is -2.51. The molecule has 0 atom stereocenters. The fourth-order valence-corrected chi connectivity index (χ4v) is 0.435. The fraction of sp³-hybridized carbons (Fsp3) is 0.250. The van der Waals surface area contributed by atoms with E-state index in [0.717, 1.165) is 0 Å². The second-order valence-electron chi connectivity index (χ2n) is 1.64. The van der Waals surface area contributed by atoms with Crippen LogP contribution in [0.5, 0.6) is 0 Å². The Kier molecular flexibility index (Phi) is 1.18. The van der Waals surface area contributed by atoms with Gasteiger partial charge >= 0.3 is 11.4 Å². The van der Waals surface area contributed by atoms with Crippen LogP contribution in [0.15, 0.2) is 15.9 Å². The second-order valence-corrected chi connectivity index (χ2v) is 1.64. The number of aromatic nitrogens is 3. The summed E-state index contributed by atoms with van der Waals surface area (Å²) >= 11 is 0. The van der Waals surface area contributed by atoms with Gasteiger partial charge in [-0.05, 0) is 0 Å². The fourth-order valence-electron chi connectivity index (χ4n) is 0.435. The minimum atomic E-state index is -0.488. The van der Waals surface area contributed by atoms with E-state index in [1.807, 2.05) is 4.98 Å². The van der Waals surface area contributed by atoms with Crippen molar-refractivity contribution in [3.05, 3.63) is 27.3 Å². The van der Waals surface area contributed by atoms with Gasteiger partial charge in [-0.3, -0.25) is 0 Å². The largest absolute Gasteiger partial charge is 0.445 e. The summed E-state index contributed by atoms with van der Waals surface area (Å²) in [4.78, 5) is 25.2. The first kappa shape index (κ1) is 5.74. The highest BCUT2D eigenvalue weighted by molar-refractivity contribution is 4.49. The van der Waals surface area contributed by atoms with E-state index < -0.39 is 11.4 Å². The first-order chi connectivity index (χ1) is 4.20. The maximum Gasteiger partial charge on any atom is 0.445 e. The second kappa shape index (κ2) is 1.85. The van der Waals surface area contributed by atoms with Crippen molar-refractivity contribution in [2.45, 2.75) is 0 Å². The van der Waals surface area contributed by atoms with Crippen molar-refractivity contribution >= 4 is 0 Å². The molecule has 0 spiro atoms. The van der Waals surface area contributed by atoms with Crippen molar-refractivity contribution < 1.29 is 4.57 Å². The van der Waals surface area contributed by atoms with E-state index in [2.05, 4.69) is 4.98 Å². The third kappa shape index (κ3) is 1.04. The van der Waals surface area contributed by atoms with E-state index in [1.54, 1.807) is 0 Å². The van der Waals surface area contributed by atoms with Gasteiger partial charge in [0.1, 0.15) is 0 Å². The number of nitrogens with zero attached hydrogens (tertiary/aromatic N) is 1. The minimum Gasteiger partial charge on any atom is -0.216 e. The van der Waals surface area contributed by atoms with E-state index in [4.69, 9.17) is 0 Å². The summed E-state index contributed by atoms with van der Waals surface area (Å²) < 4.78 is 1.24. The average Bonchev–Trinajstić information content (AvgIpc) is 1.80. The predicted octanol–water partition coefficient (Wildman–Crippen LogP) is -2.11. The number of rotatable bonds is 0. The lowest BCUT2D eigenvalue weighted by molar-refractivity contribution is -0.692. The smallest absolute Gasteiger partial charge is 0.216 e. The molecule has 0 unspecified atom stereocenters. The normalized spacial score (nSPS) is 9.44. The van der Waals surface area contributed by atoms with Crippen molar-refractivity contribution in [3.8, 4) is 0 Å². The molecule has 1 aromatic rings. The summed E-state index contributed by atoms with van der Waals surface area (Å²) in [6.07, 6.45) is 1.29. The minimum absolute atomic E-state index is 0.418. The van der Waals surface area contributed by atoms with Crippen LogP contribution in [-0.2, 0) is 7.05 Å². The van der Waals surface area contributed by atoms with Crippen LogP contribution in [0.4, 0.5) is 0 Å². The van der Waals surface area contributed by atoms with E-state index in [1.165, 1.54) is 17.9 Å². The molecule has 0 aromatic carbocycles. The Morgan fingerprint density at radius 3 is 2.67 bits per heavy atom. The van der Waals surface area contributed by atoms with Crippen LogP contribution in [0.3, 0.4) is 0 Å². The maximum absolute atomic E-state index is 10.5. The molecule has 0 bridgehead atoms. The molecular formula is C4H6N3O2+. The summed E-state index contributed by atoms with van der Waals surface area (Å²) in [5.74, 6) is 0. The van der Waals surface area contributed by atoms with Crippen molar-refractivity contribution in [2.24, 2.45) is 7.05 Å². The quantitative estimate of drug-likeness (QED) is 0.392. The van der Waals surface area contributed by atoms with E-state index in [9.17, 15) is 9.59 Å². The zero-order chi connectivity index (χ0) is 6.85. The molecular weight excluding hydrogens is 122 g/mol. The molecule has 0 saturated carbocycles. The molecule has 0 aliphatic rings. The van der Waals surface area contributed by atoms with E-state index in [0.29, 0.717) is 0 Å². The van der Waals surface area contributed by atoms with Gasteiger partial charge in [-0.1, -0.05) is 0 Å². The van der Waals surface area contributed by atoms with Crippen molar-refractivity contribution in [3.63, 3.8) is 0 Å². The topological polar surface area (TPSA) is 69.6 Å². The molecule has 0 fully saturated rings. The van der Waals surface area contributed by atoms with Crippen LogP contribution in [0.1, 0.15) is 0 Å². The Morgan fingerprint density at radius 2 is 2.22 bits per heavy atom.